The third-order valence-electron chi connectivity index (χ3n) is 6.26. The molecule has 1 heterocycles. The van der Waals surface area contributed by atoms with Gasteiger partial charge in [-0.05, 0) is 42.1 Å². The first kappa shape index (κ1) is 21.0. The van der Waals surface area contributed by atoms with E-state index in [0.717, 1.165) is 51.1 Å². The monoisotopic (exact) mass is 407 g/mol. The lowest BCUT2D eigenvalue weighted by atomic mass is 10.0. The summed E-state index contributed by atoms with van der Waals surface area (Å²) in [7, 11) is 2.19. The van der Waals surface area contributed by atoms with Crippen LogP contribution in [0.4, 0.5) is 0 Å². The van der Waals surface area contributed by atoms with Crippen LogP contribution >= 0.6 is 0 Å². The Kier molecular flexibility index (Phi) is 6.20. The van der Waals surface area contributed by atoms with Crippen molar-refractivity contribution in [3.8, 4) is 11.1 Å². The highest BCUT2D eigenvalue weighted by atomic mass is 16.2. The minimum absolute atomic E-state index is 0.136. The number of hydrogen-bond acceptors (Lipinski definition) is 5. The van der Waals surface area contributed by atoms with Crippen molar-refractivity contribution in [1.29, 1.82) is 0 Å². The second-order valence-corrected chi connectivity index (χ2v) is 8.91. The SMILES string of the molecule is CN1CCN(Cc2ccc(-c3ccc(C[C@@H](N)NC(=O)C4(N)CC4)cc3)cc2)CC1. The number of nitrogens with one attached hydrogen (secondary N) is 1. The lowest BCUT2D eigenvalue weighted by Gasteiger charge is -2.32. The molecule has 2 aromatic carbocycles. The summed E-state index contributed by atoms with van der Waals surface area (Å²) in [6, 6.07) is 17.2. The molecule has 0 aromatic heterocycles. The largest absolute Gasteiger partial charge is 0.339 e. The Morgan fingerprint density at radius 3 is 2.03 bits per heavy atom. The Hall–Kier alpha value is -2.25. The molecule has 1 aliphatic carbocycles. The van der Waals surface area contributed by atoms with Crippen LogP contribution in [0, 0.1) is 0 Å². The third kappa shape index (κ3) is 5.26. The average molecular weight is 408 g/mol. The van der Waals surface area contributed by atoms with Crippen LogP contribution in [-0.2, 0) is 17.8 Å². The van der Waals surface area contributed by atoms with Crippen LogP contribution in [0.15, 0.2) is 48.5 Å². The van der Waals surface area contributed by atoms with Gasteiger partial charge in [0, 0.05) is 39.1 Å². The number of nitrogens with two attached hydrogens (primary N) is 2. The lowest BCUT2D eigenvalue weighted by Crippen LogP contribution is -2.51. The molecule has 160 valence electrons. The smallest absolute Gasteiger partial charge is 0.241 e. The Morgan fingerprint density at radius 2 is 1.50 bits per heavy atom. The maximum atomic E-state index is 12.0. The van der Waals surface area contributed by atoms with Gasteiger partial charge >= 0.3 is 0 Å². The highest BCUT2D eigenvalue weighted by Crippen LogP contribution is 2.32. The maximum absolute atomic E-state index is 12.0. The van der Waals surface area contributed by atoms with Crippen LogP contribution in [0.3, 0.4) is 0 Å². The van der Waals surface area contributed by atoms with Crippen molar-refractivity contribution in [2.24, 2.45) is 11.5 Å². The van der Waals surface area contributed by atoms with E-state index in [1.165, 1.54) is 16.7 Å². The van der Waals surface area contributed by atoms with E-state index in [1.54, 1.807) is 0 Å². The quantitative estimate of drug-likeness (QED) is 0.606. The molecular formula is C24H33N5O. The normalized spacial score (nSPS) is 20.0. The van der Waals surface area contributed by atoms with Crippen LogP contribution in [0.5, 0.6) is 0 Å². The highest BCUT2D eigenvalue weighted by Gasteiger charge is 2.46. The van der Waals surface area contributed by atoms with Gasteiger partial charge in [-0.15, -0.1) is 0 Å². The fourth-order valence-electron chi connectivity index (χ4n) is 3.88. The van der Waals surface area contributed by atoms with E-state index in [4.69, 9.17) is 11.5 Å². The van der Waals surface area contributed by atoms with E-state index in [-0.39, 0.29) is 5.91 Å². The molecule has 4 rings (SSSR count). The van der Waals surface area contributed by atoms with E-state index in [9.17, 15) is 4.79 Å². The van der Waals surface area contributed by atoms with Crippen molar-refractivity contribution >= 4 is 5.91 Å². The Balaban J connectivity index is 1.30. The van der Waals surface area contributed by atoms with Crippen molar-refractivity contribution in [2.75, 3.05) is 33.2 Å². The number of benzene rings is 2. The number of carbonyl (C=O) groups is 1. The van der Waals surface area contributed by atoms with Gasteiger partial charge < -0.3 is 21.7 Å². The summed E-state index contributed by atoms with van der Waals surface area (Å²) >= 11 is 0. The molecule has 0 unspecified atom stereocenters. The second kappa shape index (κ2) is 8.86. The van der Waals surface area contributed by atoms with E-state index in [1.807, 2.05) is 0 Å². The van der Waals surface area contributed by atoms with Crippen molar-refractivity contribution in [3.05, 3.63) is 59.7 Å². The number of carbonyl (C=O) groups excluding carboxylic acids is 1. The zero-order valence-electron chi connectivity index (χ0n) is 17.8. The lowest BCUT2D eigenvalue weighted by molar-refractivity contribution is -0.123. The molecule has 0 radical (unpaired) electrons. The summed E-state index contributed by atoms with van der Waals surface area (Å²) in [6.07, 6.45) is 1.66. The van der Waals surface area contributed by atoms with Gasteiger partial charge in [-0.1, -0.05) is 48.5 Å². The van der Waals surface area contributed by atoms with Gasteiger partial charge in [-0.2, -0.15) is 0 Å². The van der Waals surface area contributed by atoms with Gasteiger partial charge in [0.2, 0.25) is 5.91 Å². The Bertz CT molecular complexity index is 852. The van der Waals surface area contributed by atoms with E-state index in [2.05, 4.69) is 70.7 Å². The highest BCUT2D eigenvalue weighted by molar-refractivity contribution is 5.89. The molecule has 1 saturated heterocycles. The zero-order valence-corrected chi connectivity index (χ0v) is 17.8. The number of nitrogens with zero attached hydrogens (tertiary/aromatic N) is 2. The summed E-state index contributed by atoms with van der Waals surface area (Å²) in [6.45, 7) is 5.57. The molecular weight excluding hydrogens is 374 g/mol. The van der Waals surface area contributed by atoms with Crippen LogP contribution in [0.2, 0.25) is 0 Å². The molecule has 1 aliphatic heterocycles. The number of likely N-dealkylation sites (N-methyl/N-ethyl adjacent to an activating group) is 1. The third-order valence-corrected chi connectivity index (χ3v) is 6.26. The minimum Gasteiger partial charge on any atom is -0.339 e. The molecule has 6 nitrogen and oxygen atoms in total. The molecule has 0 bridgehead atoms. The number of rotatable bonds is 7. The molecule has 6 heteroatoms. The van der Waals surface area contributed by atoms with Crippen molar-refractivity contribution in [2.45, 2.75) is 37.5 Å². The van der Waals surface area contributed by atoms with Crippen molar-refractivity contribution < 1.29 is 4.79 Å². The van der Waals surface area contributed by atoms with Crippen LogP contribution in [-0.4, -0.2) is 60.6 Å². The van der Waals surface area contributed by atoms with Gasteiger partial charge in [-0.3, -0.25) is 9.69 Å². The molecule has 0 spiro atoms. The summed E-state index contributed by atoms with van der Waals surface area (Å²) in [4.78, 5) is 16.9. The van der Waals surface area contributed by atoms with Gasteiger partial charge in [0.1, 0.15) is 0 Å². The Morgan fingerprint density at radius 1 is 0.967 bits per heavy atom. The van der Waals surface area contributed by atoms with Gasteiger partial charge in [0.15, 0.2) is 0 Å². The van der Waals surface area contributed by atoms with Crippen LogP contribution in [0.25, 0.3) is 11.1 Å². The fourth-order valence-corrected chi connectivity index (χ4v) is 3.88. The molecule has 1 atom stereocenters. The number of piperazine rings is 1. The summed E-state index contributed by atoms with van der Waals surface area (Å²) in [5.41, 5.74) is 16.2. The first-order chi connectivity index (χ1) is 14.4. The summed E-state index contributed by atoms with van der Waals surface area (Å²) in [5, 5.41) is 2.83. The topological polar surface area (TPSA) is 87.6 Å². The first-order valence-corrected chi connectivity index (χ1v) is 10.9. The van der Waals surface area contributed by atoms with Gasteiger partial charge in [-0.25, -0.2) is 0 Å². The Labute approximate surface area is 179 Å². The molecule has 1 saturated carbocycles. The van der Waals surface area contributed by atoms with E-state index in [0.29, 0.717) is 6.42 Å². The van der Waals surface area contributed by atoms with Crippen LogP contribution < -0.4 is 16.8 Å². The van der Waals surface area contributed by atoms with E-state index < -0.39 is 11.7 Å². The molecule has 2 fully saturated rings. The van der Waals surface area contributed by atoms with Crippen molar-refractivity contribution in [3.63, 3.8) is 0 Å². The number of amides is 1. The fraction of sp³-hybridized carbons (Fsp3) is 0.458. The predicted octanol–water partition coefficient (Wildman–Crippen LogP) is 1.54. The average Bonchev–Trinajstić information content (AvgIpc) is 3.50. The molecule has 1 amide bonds. The first-order valence-electron chi connectivity index (χ1n) is 10.9. The molecule has 2 aliphatic rings. The van der Waals surface area contributed by atoms with Crippen LogP contribution in [0.1, 0.15) is 24.0 Å². The second-order valence-electron chi connectivity index (χ2n) is 8.91. The maximum Gasteiger partial charge on any atom is 0.241 e. The van der Waals surface area contributed by atoms with Gasteiger partial charge in [0.05, 0.1) is 11.7 Å². The summed E-state index contributed by atoms with van der Waals surface area (Å²) in [5.74, 6) is -0.136. The van der Waals surface area contributed by atoms with Crippen molar-refractivity contribution in [1.82, 2.24) is 15.1 Å². The summed E-state index contributed by atoms with van der Waals surface area (Å²) < 4.78 is 0. The molecule has 5 N–H and O–H groups in total. The molecule has 30 heavy (non-hydrogen) atoms. The number of hydrogen-bond donors (Lipinski definition) is 3. The predicted molar refractivity (Wildman–Crippen MR) is 121 cm³/mol. The zero-order chi connectivity index (χ0) is 21.1. The van der Waals surface area contributed by atoms with E-state index >= 15 is 0 Å². The minimum atomic E-state index is -0.683. The van der Waals surface area contributed by atoms with Gasteiger partial charge in [0.25, 0.3) is 0 Å². The standard InChI is InChI=1S/C24H33N5O/c1-28-12-14-29(15-13-28)17-19-4-8-21(9-5-19)20-6-2-18(3-7-20)16-22(25)27-23(30)24(26)10-11-24/h2-9,22H,10-17,25-26H2,1H3,(H,27,30)/t22-/m0/s1. The molecule has 2 aromatic rings.